The van der Waals surface area contributed by atoms with Crippen molar-refractivity contribution in [1.82, 2.24) is 0 Å². The van der Waals surface area contributed by atoms with Gasteiger partial charge >= 0.3 is 0 Å². The molecule has 0 heterocycles. The summed E-state index contributed by atoms with van der Waals surface area (Å²) < 4.78 is 0. The fraction of sp³-hybridized carbons (Fsp3) is 0. The van der Waals surface area contributed by atoms with Crippen LogP contribution in [-0.2, 0) is 0 Å². The fourth-order valence-electron chi connectivity index (χ4n) is 11.6. The number of rotatable bonds is 6. The van der Waals surface area contributed by atoms with Gasteiger partial charge in [-0.1, -0.05) is 231 Å². The van der Waals surface area contributed by atoms with Crippen LogP contribution in [-0.4, -0.2) is 0 Å². The number of hydrogen-bond donors (Lipinski definition) is 0. The molecule has 304 valence electrons. The fourth-order valence-corrected chi connectivity index (χ4v) is 11.6. The van der Waals surface area contributed by atoms with E-state index in [0.29, 0.717) is 0 Å². The van der Waals surface area contributed by atoms with Gasteiger partial charge < -0.3 is 0 Å². The zero-order chi connectivity index (χ0) is 43.3. The van der Waals surface area contributed by atoms with Gasteiger partial charge in [0.15, 0.2) is 0 Å². The lowest BCUT2D eigenvalue weighted by Crippen LogP contribution is -1.95. The number of benzene rings is 12. The van der Waals surface area contributed by atoms with Crippen molar-refractivity contribution in [3.8, 4) is 111 Å². The molecule has 66 heavy (non-hydrogen) atoms. The minimum atomic E-state index is 1.21. The molecule has 0 unspecified atom stereocenters. The first-order valence-corrected chi connectivity index (χ1v) is 23.0. The molecule has 12 aromatic carbocycles. The highest BCUT2D eigenvalue weighted by atomic mass is 14.4. The standard InChI is InChI=1S/C66H40/c1-5-19-41(20-6-1)45-27-13-15-29-49(45)61-51-31-17-18-32-52(51)62(50-30-16-14-28-46(50)42-21-7-2-8-22-42)60-40-58-54-36-38-56-64-48(44-25-11-4-12-26-44)34-33-47(43-23-9-3-10-24-43)63(64)55-37-35-53(65(54)66(55)56)57(58)39-59(60)61/h1-40H. The highest BCUT2D eigenvalue weighted by Gasteiger charge is 2.34. The molecule has 0 radical (unpaired) electrons. The Hall–Kier alpha value is -8.58. The highest BCUT2D eigenvalue weighted by molar-refractivity contribution is 6.31. The normalized spacial score (nSPS) is 11.9. The van der Waals surface area contributed by atoms with E-state index in [-0.39, 0.29) is 0 Å². The Morgan fingerprint density at radius 3 is 0.833 bits per heavy atom. The van der Waals surface area contributed by atoms with Gasteiger partial charge in [0, 0.05) is 0 Å². The largest absolute Gasteiger partial charge is 0.0622 e. The maximum Gasteiger partial charge on any atom is -0.00134 e. The van der Waals surface area contributed by atoms with E-state index < -0.39 is 0 Å². The molecular weight excluding hydrogens is 793 g/mol. The molecule has 14 rings (SSSR count). The lowest BCUT2D eigenvalue weighted by Gasteiger charge is -2.22. The summed E-state index contributed by atoms with van der Waals surface area (Å²) >= 11 is 0. The van der Waals surface area contributed by atoms with Gasteiger partial charge in [-0.2, -0.15) is 0 Å². The summed E-state index contributed by atoms with van der Waals surface area (Å²) in [5, 5.41) is 7.73. The Morgan fingerprint density at radius 2 is 0.439 bits per heavy atom. The summed E-state index contributed by atoms with van der Waals surface area (Å²) in [5.41, 5.74) is 25.4. The van der Waals surface area contributed by atoms with Crippen LogP contribution in [0, 0.1) is 0 Å². The Kier molecular flexibility index (Phi) is 8.08. The zero-order valence-corrected chi connectivity index (χ0v) is 36.1. The molecule has 0 aliphatic heterocycles. The van der Waals surface area contributed by atoms with Crippen LogP contribution in [0.2, 0.25) is 0 Å². The van der Waals surface area contributed by atoms with E-state index in [4.69, 9.17) is 0 Å². The first-order chi connectivity index (χ1) is 32.8. The Bertz CT molecular complexity index is 3680. The molecule has 0 bridgehead atoms. The van der Waals surface area contributed by atoms with Crippen molar-refractivity contribution in [1.29, 1.82) is 0 Å². The second-order valence-corrected chi connectivity index (χ2v) is 17.8. The summed E-state index contributed by atoms with van der Waals surface area (Å²) in [7, 11) is 0. The SMILES string of the molecule is c1ccc(-c2ccccc2-c2c3ccccc3c(-c3ccccc3-c3ccccc3)c3cc4c(cc23)-c2ccc3c5c(ccc-4c25)-c2c(-c4ccccc4)ccc(-c4ccccc4)c2-3)cc1. The summed E-state index contributed by atoms with van der Waals surface area (Å²) in [6.07, 6.45) is 0. The van der Waals surface area contributed by atoms with Gasteiger partial charge in [-0.05, 0) is 156 Å². The number of hydrogen-bond acceptors (Lipinski definition) is 0. The van der Waals surface area contributed by atoms with Crippen LogP contribution in [0.4, 0.5) is 0 Å². The van der Waals surface area contributed by atoms with Crippen LogP contribution in [0.1, 0.15) is 0 Å². The van der Waals surface area contributed by atoms with Crippen LogP contribution >= 0.6 is 0 Å². The zero-order valence-electron chi connectivity index (χ0n) is 36.1. The van der Waals surface area contributed by atoms with Crippen LogP contribution in [0.15, 0.2) is 243 Å². The van der Waals surface area contributed by atoms with Gasteiger partial charge in [-0.15, -0.1) is 0 Å². The smallest absolute Gasteiger partial charge is 0.00134 e. The van der Waals surface area contributed by atoms with Gasteiger partial charge in [0.1, 0.15) is 0 Å². The van der Waals surface area contributed by atoms with E-state index >= 15 is 0 Å². The first-order valence-electron chi connectivity index (χ1n) is 23.0. The molecule has 0 saturated carbocycles. The Balaban J connectivity index is 1.10. The van der Waals surface area contributed by atoms with Gasteiger partial charge in [0.2, 0.25) is 0 Å². The van der Waals surface area contributed by atoms with Gasteiger partial charge in [-0.25, -0.2) is 0 Å². The topological polar surface area (TPSA) is 0 Å². The first kappa shape index (κ1) is 36.9. The average Bonchev–Trinajstić information content (AvgIpc) is 3.90. The van der Waals surface area contributed by atoms with E-state index in [1.54, 1.807) is 0 Å². The number of fused-ring (bicyclic) bond motifs is 8. The van der Waals surface area contributed by atoms with E-state index in [2.05, 4.69) is 243 Å². The molecular formula is C66H40. The molecule has 12 aromatic rings. The molecule has 0 atom stereocenters. The van der Waals surface area contributed by atoms with Crippen LogP contribution < -0.4 is 0 Å². The van der Waals surface area contributed by atoms with E-state index in [0.717, 1.165) is 0 Å². The molecule has 0 aromatic heterocycles. The summed E-state index contributed by atoms with van der Waals surface area (Å²) in [6, 6.07) is 90.2. The predicted molar refractivity (Wildman–Crippen MR) is 280 cm³/mol. The Labute approximate surface area is 384 Å². The molecule has 0 nitrogen and oxygen atoms in total. The minimum Gasteiger partial charge on any atom is -0.0622 e. The molecule has 0 N–H and O–H groups in total. The molecule has 0 fully saturated rings. The molecule has 2 aliphatic carbocycles. The maximum absolute atomic E-state index is 2.55. The summed E-state index contributed by atoms with van der Waals surface area (Å²) in [4.78, 5) is 0. The van der Waals surface area contributed by atoms with Crippen molar-refractivity contribution in [2.45, 2.75) is 0 Å². The van der Waals surface area contributed by atoms with E-state index in [1.165, 1.54) is 144 Å². The van der Waals surface area contributed by atoms with Gasteiger partial charge in [0.25, 0.3) is 0 Å². The molecule has 2 aliphatic rings. The third-order valence-corrected chi connectivity index (χ3v) is 14.4. The van der Waals surface area contributed by atoms with Crippen molar-refractivity contribution in [3.63, 3.8) is 0 Å². The third kappa shape index (κ3) is 5.33. The van der Waals surface area contributed by atoms with Crippen LogP contribution in [0.5, 0.6) is 0 Å². The molecule has 0 spiro atoms. The van der Waals surface area contributed by atoms with Crippen molar-refractivity contribution in [2.75, 3.05) is 0 Å². The van der Waals surface area contributed by atoms with E-state index in [1.807, 2.05) is 0 Å². The molecule has 0 heteroatoms. The van der Waals surface area contributed by atoms with Crippen molar-refractivity contribution in [3.05, 3.63) is 243 Å². The molecule has 0 saturated heterocycles. The second-order valence-electron chi connectivity index (χ2n) is 17.8. The monoisotopic (exact) mass is 832 g/mol. The second kappa shape index (κ2) is 14.5. The Morgan fingerprint density at radius 1 is 0.152 bits per heavy atom. The van der Waals surface area contributed by atoms with Crippen LogP contribution in [0.25, 0.3) is 144 Å². The van der Waals surface area contributed by atoms with Crippen molar-refractivity contribution < 1.29 is 0 Å². The van der Waals surface area contributed by atoms with E-state index in [9.17, 15) is 0 Å². The van der Waals surface area contributed by atoms with Crippen molar-refractivity contribution >= 4 is 32.3 Å². The molecule has 0 amide bonds. The lowest BCUT2D eigenvalue weighted by molar-refractivity contribution is 1.59. The third-order valence-electron chi connectivity index (χ3n) is 14.4. The maximum atomic E-state index is 2.55. The lowest BCUT2D eigenvalue weighted by atomic mass is 9.81. The highest BCUT2D eigenvalue weighted by Crippen LogP contribution is 2.61. The van der Waals surface area contributed by atoms with Crippen LogP contribution in [0.3, 0.4) is 0 Å². The average molecular weight is 833 g/mol. The summed E-state index contributed by atoms with van der Waals surface area (Å²) in [6.45, 7) is 0. The van der Waals surface area contributed by atoms with Gasteiger partial charge in [0.05, 0.1) is 0 Å². The quantitative estimate of drug-likeness (QED) is 0.146. The summed E-state index contributed by atoms with van der Waals surface area (Å²) in [5.74, 6) is 0. The van der Waals surface area contributed by atoms with Gasteiger partial charge in [-0.3, -0.25) is 0 Å². The van der Waals surface area contributed by atoms with Crippen molar-refractivity contribution in [2.24, 2.45) is 0 Å². The minimum absolute atomic E-state index is 1.21. The predicted octanol–water partition coefficient (Wildman–Crippen LogP) is 18.4.